The van der Waals surface area contributed by atoms with Crippen LogP contribution in [-0.4, -0.2) is 42.2 Å². The van der Waals surface area contributed by atoms with Gasteiger partial charge in [0.15, 0.2) is 0 Å². The number of aryl methyl sites for hydroxylation is 1. The number of ether oxygens (including phenoxy) is 3. The second-order valence-corrected chi connectivity index (χ2v) is 6.11. The van der Waals surface area contributed by atoms with Gasteiger partial charge in [0, 0.05) is 0 Å². The first kappa shape index (κ1) is 19.9. The quantitative estimate of drug-likeness (QED) is 0.358. The van der Waals surface area contributed by atoms with Gasteiger partial charge in [-0.3, -0.25) is 0 Å². The van der Waals surface area contributed by atoms with Crippen molar-refractivity contribution in [1.29, 1.82) is 0 Å². The van der Waals surface area contributed by atoms with Crippen LogP contribution in [0.4, 0.5) is 5.95 Å². The van der Waals surface area contributed by atoms with E-state index in [2.05, 4.69) is 10.1 Å². The molecule has 0 spiro atoms. The Morgan fingerprint density at radius 2 is 1.86 bits per heavy atom. The fourth-order valence-corrected chi connectivity index (χ4v) is 2.53. The second kappa shape index (κ2) is 9.41. The molecule has 0 aliphatic carbocycles. The summed E-state index contributed by atoms with van der Waals surface area (Å²) >= 11 is 0. The summed E-state index contributed by atoms with van der Waals surface area (Å²) in [5.41, 5.74) is 7.90. The lowest BCUT2D eigenvalue weighted by atomic mass is 10.2. The minimum Gasteiger partial charge on any atom is -0.490 e. The molecule has 8 nitrogen and oxygen atoms in total. The molecule has 3 rings (SSSR count). The molecule has 0 aliphatic heterocycles. The highest BCUT2D eigenvalue weighted by molar-refractivity contribution is 5.89. The maximum absolute atomic E-state index is 11.5. The number of esters is 1. The third kappa shape index (κ3) is 5.58. The van der Waals surface area contributed by atoms with Gasteiger partial charge in [0.25, 0.3) is 0 Å². The number of nitrogen functional groups attached to an aromatic ring is 1. The van der Waals surface area contributed by atoms with Gasteiger partial charge in [-0.05, 0) is 55.0 Å². The van der Waals surface area contributed by atoms with E-state index in [-0.39, 0.29) is 0 Å². The summed E-state index contributed by atoms with van der Waals surface area (Å²) in [4.78, 5) is 15.6. The molecule has 150 valence electrons. The van der Waals surface area contributed by atoms with Crippen molar-refractivity contribution >= 4 is 18.1 Å². The Hall–Kier alpha value is -3.81. The number of hydrogen-bond donors (Lipinski definition) is 1. The molecule has 1 heterocycles. The van der Waals surface area contributed by atoms with Crippen molar-refractivity contribution in [2.24, 2.45) is 5.10 Å². The molecule has 0 bridgehead atoms. The van der Waals surface area contributed by atoms with Crippen LogP contribution in [0, 0.1) is 6.92 Å². The van der Waals surface area contributed by atoms with Crippen molar-refractivity contribution in [3.05, 3.63) is 71.5 Å². The van der Waals surface area contributed by atoms with Gasteiger partial charge in [0.2, 0.25) is 5.95 Å². The summed E-state index contributed by atoms with van der Waals surface area (Å²) in [6.45, 7) is 2.56. The third-order valence-corrected chi connectivity index (χ3v) is 3.92. The van der Waals surface area contributed by atoms with Crippen LogP contribution in [-0.2, 0) is 4.74 Å². The minimum atomic E-state index is -0.402. The number of nitrogens with zero attached hydrogens (tertiary/aromatic N) is 3. The van der Waals surface area contributed by atoms with Crippen LogP contribution in [0.15, 0.2) is 59.8 Å². The third-order valence-electron chi connectivity index (χ3n) is 3.92. The van der Waals surface area contributed by atoms with Crippen LogP contribution < -0.4 is 15.2 Å². The Morgan fingerprint density at radius 3 is 2.52 bits per heavy atom. The van der Waals surface area contributed by atoms with Crippen molar-refractivity contribution in [1.82, 2.24) is 9.66 Å². The molecular formula is C21H22N4O4. The summed E-state index contributed by atoms with van der Waals surface area (Å²) in [6.07, 6.45) is 3.45. The normalized spacial score (nSPS) is 10.8. The first-order valence-electron chi connectivity index (χ1n) is 8.95. The van der Waals surface area contributed by atoms with E-state index in [1.807, 2.05) is 31.2 Å². The highest BCUT2D eigenvalue weighted by Gasteiger charge is 2.06. The Labute approximate surface area is 168 Å². The van der Waals surface area contributed by atoms with Crippen molar-refractivity contribution < 1.29 is 19.0 Å². The van der Waals surface area contributed by atoms with E-state index in [0.717, 1.165) is 11.3 Å². The predicted octanol–water partition coefficient (Wildman–Crippen LogP) is 2.90. The summed E-state index contributed by atoms with van der Waals surface area (Å²) in [5.74, 6) is 1.24. The van der Waals surface area contributed by atoms with Gasteiger partial charge in [-0.15, -0.1) is 0 Å². The van der Waals surface area contributed by atoms with E-state index in [0.29, 0.717) is 36.2 Å². The fraction of sp³-hybridized carbons (Fsp3) is 0.190. The number of benzene rings is 2. The molecule has 1 aromatic heterocycles. The molecule has 0 saturated carbocycles. The molecule has 0 atom stereocenters. The Bertz CT molecular complexity index is 996. The molecule has 0 radical (unpaired) electrons. The fourth-order valence-electron chi connectivity index (χ4n) is 2.53. The molecule has 2 N–H and O–H groups in total. The van der Waals surface area contributed by atoms with Crippen LogP contribution in [0.5, 0.6) is 11.5 Å². The monoisotopic (exact) mass is 394 g/mol. The molecular weight excluding hydrogens is 372 g/mol. The number of carbonyl (C=O) groups excluding carboxylic acids is 1. The first-order chi connectivity index (χ1) is 14.0. The van der Waals surface area contributed by atoms with Crippen molar-refractivity contribution in [3.8, 4) is 11.5 Å². The zero-order valence-electron chi connectivity index (χ0n) is 16.2. The Kier molecular flexibility index (Phi) is 6.47. The summed E-state index contributed by atoms with van der Waals surface area (Å²) in [5, 5.41) is 4.27. The van der Waals surface area contributed by atoms with Gasteiger partial charge in [-0.2, -0.15) is 5.10 Å². The van der Waals surface area contributed by atoms with Gasteiger partial charge in [-0.1, -0.05) is 6.07 Å². The lowest BCUT2D eigenvalue weighted by Gasteiger charge is -2.09. The molecule has 0 fully saturated rings. The lowest BCUT2D eigenvalue weighted by molar-refractivity contribution is 0.0600. The standard InChI is InChI=1S/C21H22N4O4/c1-15-14-25(21(22)24-15)23-13-16-6-8-18(9-7-16)28-10-11-29-19-5-3-4-17(12-19)20(26)27-2/h3-9,12-14H,10-11H2,1-2H3,(H2,22,24). The van der Waals surface area contributed by atoms with Gasteiger partial charge in [-0.25, -0.2) is 14.5 Å². The van der Waals surface area contributed by atoms with Gasteiger partial charge in [0.1, 0.15) is 24.7 Å². The lowest BCUT2D eigenvalue weighted by Crippen LogP contribution is -2.09. The maximum atomic E-state index is 11.5. The number of carbonyl (C=O) groups is 1. The zero-order valence-corrected chi connectivity index (χ0v) is 16.2. The smallest absolute Gasteiger partial charge is 0.337 e. The average Bonchev–Trinajstić information content (AvgIpc) is 3.07. The van der Waals surface area contributed by atoms with Crippen molar-refractivity contribution in [2.45, 2.75) is 6.92 Å². The molecule has 0 amide bonds. The molecule has 2 aromatic carbocycles. The average molecular weight is 394 g/mol. The van der Waals surface area contributed by atoms with Gasteiger partial charge >= 0.3 is 5.97 Å². The maximum Gasteiger partial charge on any atom is 0.337 e. The van der Waals surface area contributed by atoms with E-state index in [1.54, 1.807) is 36.7 Å². The van der Waals surface area contributed by atoms with E-state index >= 15 is 0 Å². The SMILES string of the molecule is COC(=O)c1cccc(OCCOc2ccc(C=Nn3cc(C)nc3N)cc2)c1. The first-order valence-corrected chi connectivity index (χ1v) is 8.95. The Morgan fingerprint density at radius 1 is 1.14 bits per heavy atom. The largest absolute Gasteiger partial charge is 0.490 e. The summed E-state index contributed by atoms with van der Waals surface area (Å²) < 4.78 is 17.5. The number of methoxy groups -OCH3 is 1. The second-order valence-electron chi connectivity index (χ2n) is 6.11. The number of nitrogens with two attached hydrogens (primary N) is 1. The highest BCUT2D eigenvalue weighted by Crippen LogP contribution is 2.15. The van der Waals surface area contributed by atoms with E-state index < -0.39 is 5.97 Å². The van der Waals surface area contributed by atoms with E-state index in [9.17, 15) is 4.79 Å². The number of anilines is 1. The number of rotatable bonds is 8. The van der Waals surface area contributed by atoms with Gasteiger partial charge in [0.05, 0.1) is 30.8 Å². The number of hydrogen-bond acceptors (Lipinski definition) is 7. The predicted molar refractivity (Wildman–Crippen MR) is 110 cm³/mol. The van der Waals surface area contributed by atoms with E-state index in [1.165, 1.54) is 11.8 Å². The van der Waals surface area contributed by atoms with E-state index in [4.69, 9.17) is 19.9 Å². The molecule has 0 saturated heterocycles. The molecule has 29 heavy (non-hydrogen) atoms. The van der Waals surface area contributed by atoms with Crippen molar-refractivity contribution in [2.75, 3.05) is 26.1 Å². The number of aromatic nitrogens is 2. The Balaban J connectivity index is 1.47. The van der Waals surface area contributed by atoms with Crippen LogP contribution >= 0.6 is 0 Å². The van der Waals surface area contributed by atoms with Crippen LogP contribution in [0.3, 0.4) is 0 Å². The van der Waals surface area contributed by atoms with Crippen LogP contribution in [0.2, 0.25) is 0 Å². The minimum absolute atomic E-state index is 0.340. The van der Waals surface area contributed by atoms with Crippen LogP contribution in [0.25, 0.3) is 0 Å². The van der Waals surface area contributed by atoms with Crippen molar-refractivity contribution in [3.63, 3.8) is 0 Å². The molecule has 8 heteroatoms. The van der Waals surface area contributed by atoms with Gasteiger partial charge < -0.3 is 19.9 Å². The highest BCUT2D eigenvalue weighted by atomic mass is 16.5. The zero-order chi connectivity index (χ0) is 20.6. The summed E-state index contributed by atoms with van der Waals surface area (Å²) in [6, 6.07) is 14.3. The summed E-state index contributed by atoms with van der Waals surface area (Å²) in [7, 11) is 1.34. The number of imidazole rings is 1. The molecule has 0 unspecified atom stereocenters. The van der Waals surface area contributed by atoms with Crippen LogP contribution in [0.1, 0.15) is 21.6 Å². The molecule has 0 aliphatic rings. The molecule has 3 aromatic rings. The topological polar surface area (TPSA) is 101 Å².